The second kappa shape index (κ2) is 18.3. The fraction of sp³-hybridized carbons (Fsp3) is 0.625. The van der Waals surface area contributed by atoms with Crippen LogP contribution in [0.1, 0.15) is 152 Å². The van der Waals surface area contributed by atoms with E-state index in [0.29, 0.717) is 63.7 Å². The van der Waals surface area contributed by atoms with Gasteiger partial charge in [0.1, 0.15) is 41.4 Å². The van der Waals surface area contributed by atoms with E-state index in [2.05, 4.69) is 0 Å². The van der Waals surface area contributed by atoms with Crippen molar-refractivity contribution in [2.24, 2.45) is 5.92 Å². The van der Waals surface area contributed by atoms with Gasteiger partial charge in [-0.1, -0.05) is 61.5 Å². The van der Waals surface area contributed by atoms with Crippen molar-refractivity contribution < 1.29 is 37.4 Å². The van der Waals surface area contributed by atoms with Crippen molar-refractivity contribution in [1.82, 2.24) is 0 Å². The summed E-state index contributed by atoms with van der Waals surface area (Å²) in [4.78, 5) is 64.1. The molecule has 0 aromatic carbocycles. The number of esters is 3. The maximum atomic E-state index is 13.5. The van der Waals surface area contributed by atoms with Crippen molar-refractivity contribution in [2.45, 2.75) is 159 Å². The van der Waals surface area contributed by atoms with Crippen molar-refractivity contribution >= 4 is 17.9 Å². The molecule has 2 aromatic heterocycles. The number of rotatable bonds is 16. The average molecular weight is 699 g/mol. The van der Waals surface area contributed by atoms with E-state index >= 15 is 0 Å². The van der Waals surface area contributed by atoms with Crippen LogP contribution in [0.25, 0.3) is 0 Å². The summed E-state index contributed by atoms with van der Waals surface area (Å²) in [5, 5.41) is 0. The van der Waals surface area contributed by atoms with Crippen molar-refractivity contribution in [3.05, 3.63) is 77.4 Å². The zero-order chi connectivity index (χ0) is 38.2. The van der Waals surface area contributed by atoms with E-state index < -0.39 is 54.0 Å². The summed E-state index contributed by atoms with van der Waals surface area (Å²) >= 11 is 0. The van der Waals surface area contributed by atoms with Crippen molar-refractivity contribution in [2.75, 3.05) is 0 Å². The van der Waals surface area contributed by atoms with Gasteiger partial charge in [0, 0.05) is 60.3 Å². The first kappa shape index (κ1) is 42.2. The molecule has 10 nitrogen and oxygen atoms in total. The Hall–Kier alpha value is -3.95. The van der Waals surface area contributed by atoms with Gasteiger partial charge in [-0.2, -0.15) is 0 Å². The third kappa shape index (κ3) is 9.63. The molecule has 0 bridgehead atoms. The topological polar surface area (TPSA) is 139 Å². The molecule has 0 radical (unpaired) electrons. The first-order chi connectivity index (χ1) is 23.4. The molecule has 0 amide bonds. The normalized spacial score (nSPS) is 16.1. The van der Waals surface area contributed by atoms with Gasteiger partial charge in [-0.15, -0.1) is 0 Å². The number of allylic oxidation sites excluding steroid dienone is 1. The zero-order valence-electron chi connectivity index (χ0n) is 32.5. The van der Waals surface area contributed by atoms with Crippen molar-refractivity contribution in [3.8, 4) is 0 Å². The molecule has 50 heavy (non-hydrogen) atoms. The lowest BCUT2D eigenvalue weighted by molar-refractivity contribution is -0.160. The first-order valence-corrected chi connectivity index (χ1v) is 17.9. The van der Waals surface area contributed by atoms with E-state index in [0.717, 1.165) is 0 Å². The van der Waals surface area contributed by atoms with Gasteiger partial charge in [-0.3, -0.25) is 24.0 Å². The Morgan fingerprint density at radius 2 is 1.18 bits per heavy atom. The Labute approximate surface area is 297 Å². The van der Waals surface area contributed by atoms with Gasteiger partial charge >= 0.3 is 17.9 Å². The quantitative estimate of drug-likeness (QED) is 0.0963. The van der Waals surface area contributed by atoms with Crippen molar-refractivity contribution in [1.29, 1.82) is 0 Å². The lowest BCUT2D eigenvalue weighted by Crippen LogP contribution is -2.40. The maximum Gasteiger partial charge on any atom is 0.306 e. The average Bonchev–Trinajstić information content (AvgIpc) is 3.08. The highest BCUT2D eigenvalue weighted by Crippen LogP contribution is 2.36. The van der Waals surface area contributed by atoms with Gasteiger partial charge in [0.25, 0.3) is 0 Å². The summed E-state index contributed by atoms with van der Waals surface area (Å²) in [5.74, 6) is -1.35. The third-order valence-electron chi connectivity index (χ3n) is 9.74. The number of carbonyl (C=O) groups excluding carboxylic acids is 3. The fourth-order valence-corrected chi connectivity index (χ4v) is 6.77. The Morgan fingerprint density at radius 3 is 1.68 bits per heavy atom. The largest absolute Gasteiger partial charge is 0.465 e. The molecule has 2 heterocycles. The number of hydrogen-bond acceptors (Lipinski definition) is 10. The van der Waals surface area contributed by atoms with Crippen LogP contribution in [0.3, 0.4) is 0 Å². The lowest BCUT2D eigenvalue weighted by atomic mass is 9.83. The SMILES string of the molecule is CCC(=O)O[C@H]([C@@H](C)[C@@H](OC(=O)CC)/C(C)=C/[C@H](C)c1oc([C@@H](C)C(CC)OC(C)=O)c(C)c(=O)c1C)[C@@H](C)c1oc(CC)c(C)c(=O)c1C. The van der Waals surface area contributed by atoms with Crippen LogP contribution < -0.4 is 10.9 Å². The number of ether oxygens (including phenoxy) is 3. The van der Waals surface area contributed by atoms with Gasteiger partial charge in [0.05, 0.1) is 11.8 Å². The van der Waals surface area contributed by atoms with Crippen LogP contribution in [0.5, 0.6) is 0 Å². The summed E-state index contributed by atoms with van der Waals surface area (Å²) < 4.78 is 30.4. The van der Waals surface area contributed by atoms with E-state index in [4.69, 9.17) is 23.0 Å². The van der Waals surface area contributed by atoms with Crippen LogP contribution in [0.15, 0.2) is 30.1 Å². The lowest BCUT2D eigenvalue weighted by Gasteiger charge is -2.35. The van der Waals surface area contributed by atoms with Crippen LogP contribution in [-0.2, 0) is 35.0 Å². The van der Waals surface area contributed by atoms with Crippen LogP contribution in [0, 0.1) is 33.6 Å². The van der Waals surface area contributed by atoms with Gasteiger partial charge < -0.3 is 23.0 Å². The molecule has 0 fully saturated rings. The molecule has 7 atom stereocenters. The van der Waals surface area contributed by atoms with E-state index in [9.17, 15) is 24.0 Å². The van der Waals surface area contributed by atoms with Gasteiger partial charge in [0.2, 0.25) is 0 Å². The van der Waals surface area contributed by atoms with Crippen LogP contribution in [0.4, 0.5) is 0 Å². The number of carbonyl (C=O) groups is 3. The van der Waals surface area contributed by atoms with Gasteiger partial charge in [-0.25, -0.2) is 0 Å². The van der Waals surface area contributed by atoms with E-state index in [1.165, 1.54) is 6.92 Å². The highest BCUT2D eigenvalue weighted by molar-refractivity contribution is 5.70. The van der Waals surface area contributed by atoms with Gasteiger partial charge in [-0.05, 0) is 46.6 Å². The smallest absolute Gasteiger partial charge is 0.306 e. The van der Waals surface area contributed by atoms with E-state index in [1.807, 2.05) is 54.5 Å². The molecular formula is C40H58O10. The summed E-state index contributed by atoms with van der Waals surface area (Å²) in [6.45, 7) is 24.7. The Morgan fingerprint density at radius 1 is 0.680 bits per heavy atom. The standard InChI is InChI=1S/C40H58O10/c1-15-30-22(7)34(44)25(10)39(47-30)28(13)40(49-33(43)18-4)27(12)37(48-32(42)17-3)21(6)19-20(5)36-24(9)35(45)26(11)38(50-36)23(8)31(16-2)46-29(14)41/h19-20,23,27-28,31,37,40H,15-18H2,1-14H3/b21-19+/t20-,23-,27-,28-,31?,37-,40+/m0/s1. The molecule has 0 aliphatic heterocycles. The number of hydrogen-bond donors (Lipinski definition) is 0. The Kier molecular flexibility index (Phi) is 15.5. The molecular weight excluding hydrogens is 640 g/mol. The third-order valence-corrected chi connectivity index (χ3v) is 9.74. The molecule has 0 aliphatic rings. The molecule has 0 aliphatic carbocycles. The zero-order valence-corrected chi connectivity index (χ0v) is 32.5. The minimum absolute atomic E-state index is 0.121. The van der Waals surface area contributed by atoms with E-state index in [1.54, 1.807) is 41.5 Å². The molecule has 10 heteroatoms. The van der Waals surface area contributed by atoms with Crippen LogP contribution >= 0.6 is 0 Å². The molecule has 278 valence electrons. The monoisotopic (exact) mass is 698 g/mol. The summed E-state index contributed by atoms with van der Waals surface area (Å²) in [7, 11) is 0. The second-order valence-corrected chi connectivity index (χ2v) is 13.5. The fourth-order valence-electron chi connectivity index (χ4n) is 6.77. The molecule has 0 saturated carbocycles. The Balaban J connectivity index is 2.71. The van der Waals surface area contributed by atoms with Crippen molar-refractivity contribution in [3.63, 3.8) is 0 Å². The summed E-state index contributed by atoms with van der Waals surface area (Å²) in [6, 6.07) is 0. The molecule has 2 aromatic rings. The molecule has 2 rings (SSSR count). The molecule has 0 N–H and O–H groups in total. The maximum absolute atomic E-state index is 13.5. The Bertz CT molecular complexity index is 1680. The minimum atomic E-state index is -0.838. The van der Waals surface area contributed by atoms with Crippen LogP contribution in [-0.4, -0.2) is 36.2 Å². The summed E-state index contributed by atoms with van der Waals surface area (Å²) in [5.41, 5.74) is 2.28. The first-order valence-electron chi connectivity index (χ1n) is 17.9. The predicted octanol–water partition coefficient (Wildman–Crippen LogP) is 7.97. The van der Waals surface area contributed by atoms with Gasteiger partial charge in [0.15, 0.2) is 10.9 Å². The minimum Gasteiger partial charge on any atom is -0.465 e. The molecule has 1 unspecified atom stereocenters. The molecule has 0 spiro atoms. The highest BCUT2D eigenvalue weighted by Gasteiger charge is 2.39. The van der Waals surface area contributed by atoms with Crippen LogP contribution in [0.2, 0.25) is 0 Å². The highest BCUT2D eigenvalue weighted by atomic mass is 16.6. The molecule has 0 saturated heterocycles. The number of aryl methyl sites for hydroxylation is 1. The second-order valence-electron chi connectivity index (χ2n) is 13.5. The van der Waals surface area contributed by atoms with E-state index in [-0.39, 0.29) is 29.6 Å². The predicted molar refractivity (Wildman–Crippen MR) is 193 cm³/mol. The summed E-state index contributed by atoms with van der Waals surface area (Å²) in [6.07, 6.45) is 1.05.